The van der Waals surface area contributed by atoms with Crippen LogP contribution in [0.5, 0.6) is 0 Å². The van der Waals surface area contributed by atoms with Crippen LogP contribution in [0.4, 0.5) is 11.5 Å². The van der Waals surface area contributed by atoms with E-state index in [4.69, 9.17) is 10.00 Å². The molecular formula is C12H16N4O3. The van der Waals surface area contributed by atoms with Crippen LogP contribution in [0.2, 0.25) is 0 Å². The molecule has 0 aliphatic rings. The van der Waals surface area contributed by atoms with E-state index in [0.717, 1.165) is 0 Å². The number of hydrogen-bond donors (Lipinski definition) is 1. The van der Waals surface area contributed by atoms with E-state index >= 15 is 0 Å². The molecule has 1 aromatic heterocycles. The minimum absolute atomic E-state index is 0.0116. The van der Waals surface area contributed by atoms with E-state index in [1.165, 1.54) is 12.3 Å². The number of nitrogens with one attached hydrogen (secondary N) is 1. The van der Waals surface area contributed by atoms with Crippen molar-refractivity contribution >= 4 is 11.5 Å². The van der Waals surface area contributed by atoms with Gasteiger partial charge in [-0.1, -0.05) is 13.8 Å². The SMILES string of the molecule is COCC(Nc1nccc(C#N)c1[N+](=O)[O-])C(C)C. The molecule has 19 heavy (non-hydrogen) atoms. The molecule has 7 nitrogen and oxygen atoms in total. The number of ether oxygens (including phenoxy) is 1. The van der Waals surface area contributed by atoms with Crippen molar-refractivity contribution in [1.29, 1.82) is 5.26 Å². The molecule has 1 heterocycles. The number of nitriles is 1. The smallest absolute Gasteiger partial charge is 0.328 e. The number of aromatic nitrogens is 1. The minimum Gasteiger partial charge on any atom is -0.383 e. The Labute approximate surface area is 111 Å². The molecule has 0 saturated carbocycles. The summed E-state index contributed by atoms with van der Waals surface area (Å²) in [5.74, 6) is 0.298. The number of methoxy groups -OCH3 is 1. The van der Waals surface area contributed by atoms with Gasteiger partial charge in [0.1, 0.15) is 11.6 Å². The Morgan fingerprint density at radius 1 is 1.63 bits per heavy atom. The van der Waals surface area contributed by atoms with Gasteiger partial charge in [-0.25, -0.2) is 4.98 Å². The lowest BCUT2D eigenvalue weighted by Gasteiger charge is -2.21. The van der Waals surface area contributed by atoms with Crippen LogP contribution in [0.1, 0.15) is 19.4 Å². The van der Waals surface area contributed by atoms with E-state index in [0.29, 0.717) is 6.61 Å². The van der Waals surface area contributed by atoms with Crippen molar-refractivity contribution in [2.24, 2.45) is 5.92 Å². The van der Waals surface area contributed by atoms with Gasteiger partial charge in [0.25, 0.3) is 0 Å². The number of nitro groups is 1. The number of anilines is 1. The molecule has 0 aromatic carbocycles. The summed E-state index contributed by atoms with van der Waals surface area (Å²) < 4.78 is 5.07. The lowest BCUT2D eigenvalue weighted by molar-refractivity contribution is -0.384. The molecule has 1 N–H and O–H groups in total. The fourth-order valence-corrected chi connectivity index (χ4v) is 1.59. The Bertz CT molecular complexity index is 496. The standard InChI is InChI=1S/C12H16N4O3/c1-8(2)10(7-19-3)15-12-11(16(17)18)9(6-13)4-5-14-12/h4-5,8,10H,7H2,1-3H3,(H,14,15). The third kappa shape index (κ3) is 3.63. The average molecular weight is 264 g/mol. The molecule has 102 valence electrons. The second-order valence-electron chi connectivity index (χ2n) is 4.37. The second-order valence-corrected chi connectivity index (χ2v) is 4.37. The van der Waals surface area contributed by atoms with Crippen molar-refractivity contribution in [3.05, 3.63) is 27.9 Å². The highest BCUT2D eigenvalue weighted by Gasteiger charge is 2.24. The first kappa shape index (κ1) is 14.9. The van der Waals surface area contributed by atoms with Crippen LogP contribution < -0.4 is 5.32 Å². The van der Waals surface area contributed by atoms with Crippen molar-refractivity contribution in [1.82, 2.24) is 4.98 Å². The third-order valence-corrected chi connectivity index (χ3v) is 2.70. The summed E-state index contributed by atoms with van der Waals surface area (Å²) in [5.41, 5.74) is -0.311. The van der Waals surface area contributed by atoms with Crippen molar-refractivity contribution in [2.45, 2.75) is 19.9 Å². The fraction of sp³-hybridized carbons (Fsp3) is 0.500. The van der Waals surface area contributed by atoms with E-state index in [1.54, 1.807) is 13.2 Å². The van der Waals surface area contributed by atoms with E-state index in [1.807, 2.05) is 13.8 Å². The van der Waals surface area contributed by atoms with Crippen LogP contribution >= 0.6 is 0 Å². The highest BCUT2D eigenvalue weighted by molar-refractivity contribution is 5.64. The van der Waals surface area contributed by atoms with Gasteiger partial charge in [0, 0.05) is 13.3 Å². The fourth-order valence-electron chi connectivity index (χ4n) is 1.59. The molecule has 0 bridgehead atoms. The Morgan fingerprint density at radius 2 is 2.32 bits per heavy atom. The summed E-state index contributed by atoms with van der Waals surface area (Å²) in [4.78, 5) is 14.4. The Balaban J connectivity index is 3.13. The van der Waals surface area contributed by atoms with Crippen LogP contribution in [0, 0.1) is 27.4 Å². The van der Waals surface area contributed by atoms with Crippen LogP contribution in [-0.2, 0) is 4.74 Å². The highest BCUT2D eigenvalue weighted by Crippen LogP contribution is 2.27. The lowest BCUT2D eigenvalue weighted by Crippen LogP contribution is -2.31. The van der Waals surface area contributed by atoms with Gasteiger partial charge in [-0.2, -0.15) is 5.26 Å². The molecule has 0 fully saturated rings. The second kappa shape index (κ2) is 6.66. The molecule has 1 rings (SSSR count). The van der Waals surface area contributed by atoms with Crippen LogP contribution in [0.15, 0.2) is 12.3 Å². The molecule has 0 aliphatic carbocycles. The maximum absolute atomic E-state index is 11.1. The zero-order valence-electron chi connectivity index (χ0n) is 11.1. The van der Waals surface area contributed by atoms with Gasteiger partial charge in [0.05, 0.1) is 17.6 Å². The molecule has 0 amide bonds. The molecule has 0 saturated heterocycles. The predicted molar refractivity (Wildman–Crippen MR) is 69.7 cm³/mol. The lowest BCUT2D eigenvalue weighted by atomic mass is 10.1. The van der Waals surface area contributed by atoms with Gasteiger partial charge in [0.15, 0.2) is 0 Å². The highest BCUT2D eigenvalue weighted by atomic mass is 16.6. The summed E-state index contributed by atoms with van der Waals surface area (Å²) >= 11 is 0. The molecule has 7 heteroatoms. The van der Waals surface area contributed by atoms with Crippen LogP contribution in [0.25, 0.3) is 0 Å². The zero-order chi connectivity index (χ0) is 14.4. The van der Waals surface area contributed by atoms with Crippen molar-refractivity contribution in [3.63, 3.8) is 0 Å². The first-order valence-corrected chi connectivity index (χ1v) is 5.80. The van der Waals surface area contributed by atoms with Crippen LogP contribution in [0.3, 0.4) is 0 Å². The van der Waals surface area contributed by atoms with Crippen molar-refractivity contribution < 1.29 is 9.66 Å². The van der Waals surface area contributed by atoms with Gasteiger partial charge in [-0.05, 0) is 12.0 Å². The monoisotopic (exact) mass is 264 g/mol. The molecule has 1 unspecified atom stereocenters. The average Bonchev–Trinajstić information content (AvgIpc) is 2.37. The van der Waals surface area contributed by atoms with Gasteiger partial charge in [0.2, 0.25) is 5.82 Å². The maximum Gasteiger partial charge on any atom is 0.328 e. The maximum atomic E-state index is 11.1. The topological polar surface area (TPSA) is 101 Å². The summed E-state index contributed by atoms with van der Waals surface area (Å²) in [6.45, 7) is 4.33. The van der Waals surface area contributed by atoms with Crippen molar-refractivity contribution in [3.8, 4) is 6.07 Å². The third-order valence-electron chi connectivity index (χ3n) is 2.70. The molecule has 0 radical (unpaired) electrons. The summed E-state index contributed by atoms with van der Waals surface area (Å²) in [5, 5.41) is 22.9. The van der Waals surface area contributed by atoms with E-state index in [-0.39, 0.29) is 29.0 Å². The largest absolute Gasteiger partial charge is 0.383 e. The van der Waals surface area contributed by atoms with Crippen LogP contribution in [-0.4, -0.2) is 29.7 Å². The molecule has 1 aromatic rings. The Morgan fingerprint density at radius 3 is 2.79 bits per heavy atom. The van der Waals surface area contributed by atoms with E-state index in [2.05, 4.69) is 10.3 Å². The Kier molecular flexibility index (Phi) is 5.21. The first-order valence-electron chi connectivity index (χ1n) is 5.80. The van der Waals surface area contributed by atoms with Crippen molar-refractivity contribution in [2.75, 3.05) is 19.0 Å². The molecule has 0 aliphatic heterocycles. The van der Waals surface area contributed by atoms with Gasteiger partial charge in [-0.3, -0.25) is 10.1 Å². The zero-order valence-corrected chi connectivity index (χ0v) is 11.1. The van der Waals surface area contributed by atoms with E-state index < -0.39 is 4.92 Å². The molecule has 1 atom stereocenters. The summed E-state index contributed by atoms with van der Waals surface area (Å²) in [6.07, 6.45) is 1.37. The van der Waals surface area contributed by atoms with Gasteiger partial charge in [-0.15, -0.1) is 0 Å². The summed E-state index contributed by atoms with van der Waals surface area (Å²) in [6, 6.07) is 3.00. The normalized spacial score (nSPS) is 11.9. The van der Waals surface area contributed by atoms with Gasteiger partial charge >= 0.3 is 5.69 Å². The Hall–Kier alpha value is -2.20. The van der Waals surface area contributed by atoms with E-state index in [9.17, 15) is 10.1 Å². The quantitative estimate of drug-likeness (QED) is 0.622. The first-order chi connectivity index (χ1) is 9.01. The number of rotatable bonds is 6. The number of nitrogens with zero attached hydrogens (tertiary/aromatic N) is 3. The molecular weight excluding hydrogens is 248 g/mol. The number of hydrogen-bond acceptors (Lipinski definition) is 6. The predicted octanol–water partition coefficient (Wildman–Crippen LogP) is 1.94. The minimum atomic E-state index is -0.599. The van der Waals surface area contributed by atoms with Gasteiger partial charge < -0.3 is 10.1 Å². The summed E-state index contributed by atoms with van der Waals surface area (Å²) in [7, 11) is 1.56. The molecule has 0 spiro atoms. The number of pyridine rings is 1.